The normalized spacial score (nSPS) is 19.4. The molecule has 102 valence electrons. The van der Waals surface area contributed by atoms with Crippen LogP contribution in [-0.4, -0.2) is 31.0 Å². The van der Waals surface area contributed by atoms with E-state index in [-0.39, 0.29) is 30.3 Å². The summed E-state index contributed by atoms with van der Waals surface area (Å²) < 4.78 is 5.06. The zero-order chi connectivity index (χ0) is 14.0. The van der Waals surface area contributed by atoms with E-state index < -0.39 is 0 Å². The van der Waals surface area contributed by atoms with Crippen molar-refractivity contribution >= 4 is 17.5 Å². The fourth-order valence-electron chi connectivity index (χ4n) is 2.27. The van der Waals surface area contributed by atoms with E-state index in [1.54, 1.807) is 31.4 Å². The number of nitrogens with two attached hydrogens (primary N) is 1. The van der Waals surface area contributed by atoms with Gasteiger partial charge >= 0.3 is 0 Å². The molecule has 2 amide bonds. The smallest absolute Gasteiger partial charge is 0.292 e. The van der Waals surface area contributed by atoms with Crippen molar-refractivity contribution in [3.8, 4) is 5.75 Å². The molecule has 0 bridgehead atoms. The number of amides is 2. The molecule has 1 aliphatic rings. The van der Waals surface area contributed by atoms with E-state index >= 15 is 0 Å². The summed E-state index contributed by atoms with van der Waals surface area (Å²) in [5.74, 6) is 0.425. The lowest BCUT2D eigenvalue weighted by Gasteiger charge is -2.15. The lowest BCUT2D eigenvalue weighted by molar-refractivity contribution is -0.701. The van der Waals surface area contributed by atoms with Crippen molar-refractivity contribution in [1.82, 2.24) is 0 Å². The monoisotopic (exact) mass is 263 g/mol. The summed E-state index contributed by atoms with van der Waals surface area (Å²) >= 11 is 0. The molecule has 1 atom stereocenters. The molecule has 1 heterocycles. The van der Waals surface area contributed by atoms with E-state index in [4.69, 9.17) is 4.74 Å². The van der Waals surface area contributed by atoms with Crippen LogP contribution in [-0.2, 0) is 9.59 Å². The van der Waals surface area contributed by atoms with Crippen molar-refractivity contribution in [3.05, 3.63) is 24.3 Å². The van der Waals surface area contributed by atoms with Crippen LogP contribution < -0.4 is 15.0 Å². The number of hydrogen-bond donors (Lipinski definition) is 1. The second-order valence-electron chi connectivity index (χ2n) is 5.01. The second kappa shape index (κ2) is 5.40. The summed E-state index contributed by atoms with van der Waals surface area (Å²) in [6, 6.07) is 6.94. The van der Waals surface area contributed by atoms with Crippen LogP contribution in [0, 0.1) is 0 Å². The highest BCUT2D eigenvalue weighted by Crippen LogP contribution is 2.24. The van der Waals surface area contributed by atoms with Gasteiger partial charge in [-0.25, -0.2) is 4.90 Å². The van der Waals surface area contributed by atoms with Gasteiger partial charge in [0.05, 0.1) is 25.3 Å². The first-order valence-corrected chi connectivity index (χ1v) is 6.38. The number of imide groups is 1. The first kappa shape index (κ1) is 13.5. The number of methoxy groups -OCH3 is 1. The van der Waals surface area contributed by atoms with E-state index in [1.807, 2.05) is 19.2 Å². The minimum absolute atomic E-state index is 0.135. The van der Waals surface area contributed by atoms with Crippen LogP contribution in [0.5, 0.6) is 5.75 Å². The van der Waals surface area contributed by atoms with Crippen molar-refractivity contribution < 1.29 is 19.6 Å². The first-order valence-electron chi connectivity index (χ1n) is 6.38. The standard InChI is InChI=1S/C14H18N2O3/c1-9(2)15-12-8-13(17)16(14(12)18)10-4-6-11(19-3)7-5-10/h4-7,9,12,15H,8H2,1-3H3/p+1/t12-/m1/s1. The Morgan fingerprint density at radius 3 is 2.42 bits per heavy atom. The number of benzene rings is 1. The average Bonchev–Trinajstić information content (AvgIpc) is 2.64. The average molecular weight is 263 g/mol. The summed E-state index contributed by atoms with van der Waals surface area (Å²) in [4.78, 5) is 25.5. The van der Waals surface area contributed by atoms with Gasteiger partial charge in [-0.3, -0.25) is 9.59 Å². The van der Waals surface area contributed by atoms with Crippen LogP contribution >= 0.6 is 0 Å². The van der Waals surface area contributed by atoms with E-state index in [0.29, 0.717) is 11.4 Å². The van der Waals surface area contributed by atoms with Gasteiger partial charge in [-0.15, -0.1) is 0 Å². The quantitative estimate of drug-likeness (QED) is 0.795. The summed E-state index contributed by atoms with van der Waals surface area (Å²) in [6.07, 6.45) is 0.267. The van der Waals surface area contributed by atoms with Gasteiger partial charge in [-0.05, 0) is 38.1 Å². The van der Waals surface area contributed by atoms with Crippen molar-refractivity contribution in [2.24, 2.45) is 0 Å². The molecule has 1 aromatic carbocycles. The van der Waals surface area contributed by atoms with Crippen LogP contribution in [0.15, 0.2) is 24.3 Å². The van der Waals surface area contributed by atoms with Gasteiger partial charge in [0.15, 0.2) is 6.04 Å². The molecule has 0 saturated carbocycles. The van der Waals surface area contributed by atoms with Crippen molar-refractivity contribution in [2.75, 3.05) is 12.0 Å². The number of hydrogen-bond acceptors (Lipinski definition) is 3. The van der Waals surface area contributed by atoms with Gasteiger partial charge in [-0.1, -0.05) is 0 Å². The highest BCUT2D eigenvalue weighted by atomic mass is 16.5. The van der Waals surface area contributed by atoms with Crippen molar-refractivity contribution in [3.63, 3.8) is 0 Å². The van der Waals surface area contributed by atoms with Crippen LogP contribution in [0.4, 0.5) is 5.69 Å². The fraction of sp³-hybridized carbons (Fsp3) is 0.429. The molecule has 19 heavy (non-hydrogen) atoms. The summed E-state index contributed by atoms with van der Waals surface area (Å²) in [7, 11) is 1.58. The second-order valence-corrected chi connectivity index (χ2v) is 5.01. The zero-order valence-electron chi connectivity index (χ0n) is 11.4. The molecule has 0 spiro atoms. The van der Waals surface area contributed by atoms with Gasteiger partial charge in [0, 0.05) is 0 Å². The SMILES string of the molecule is COc1ccc(N2C(=O)C[C@@H]([NH2+]C(C)C)C2=O)cc1. The zero-order valence-corrected chi connectivity index (χ0v) is 11.4. The largest absolute Gasteiger partial charge is 0.497 e. The molecule has 2 N–H and O–H groups in total. The highest BCUT2D eigenvalue weighted by Gasteiger charge is 2.42. The maximum atomic E-state index is 12.2. The molecule has 1 aromatic rings. The van der Waals surface area contributed by atoms with Gasteiger partial charge in [0.1, 0.15) is 5.75 Å². The van der Waals surface area contributed by atoms with E-state index in [1.165, 1.54) is 4.90 Å². The third kappa shape index (κ3) is 2.76. The Labute approximate surface area is 112 Å². The molecule has 0 aromatic heterocycles. The third-order valence-corrected chi connectivity index (χ3v) is 3.13. The van der Waals surface area contributed by atoms with Gasteiger partial charge in [0.2, 0.25) is 5.91 Å². The Bertz CT molecular complexity index is 482. The molecule has 5 heteroatoms. The Morgan fingerprint density at radius 2 is 1.89 bits per heavy atom. The number of ether oxygens (including phenoxy) is 1. The number of quaternary nitrogens is 1. The highest BCUT2D eigenvalue weighted by molar-refractivity contribution is 6.21. The molecule has 1 saturated heterocycles. The number of carbonyl (C=O) groups is 2. The lowest BCUT2D eigenvalue weighted by Crippen LogP contribution is -2.95. The van der Waals surface area contributed by atoms with Crippen molar-refractivity contribution in [1.29, 1.82) is 0 Å². The van der Waals surface area contributed by atoms with Crippen LogP contribution in [0.1, 0.15) is 20.3 Å². The van der Waals surface area contributed by atoms with Gasteiger partial charge in [-0.2, -0.15) is 0 Å². The van der Waals surface area contributed by atoms with Gasteiger partial charge < -0.3 is 10.1 Å². The molecular weight excluding hydrogens is 244 g/mol. The van der Waals surface area contributed by atoms with Gasteiger partial charge in [0.25, 0.3) is 5.91 Å². The predicted octanol–water partition coefficient (Wildman–Crippen LogP) is 0.299. The summed E-state index contributed by atoms with van der Waals surface area (Å²) in [5, 5.41) is 1.93. The molecule has 2 rings (SSSR count). The minimum atomic E-state index is -0.297. The molecule has 0 unspecified atom stereocenters. The summed E-state index contributed by atoms with van der Waals surface area (Å²) in [5.41, 5.74) is 0.607. The topological polar surface area (TPSA) is 63.2 Å². The molecule has 0 radical (unpaired) electrons. The van der Waals surface area contributed by atoms with Crippen LogP contribution in [0.3, 0.4) is 0 Å². The summed E-state index contributed by atoms with van der Waals surface area (Å²) in [6.45, 7) is 4.02. The molecule has 1 aliphatic heterocycles. The first-order chi connectivity index (χ1) is 9.02. The number of rotatable bonds is 4. The Kier molecular flexibility index (Phi) is 3.85. The van der Waals surface area contributed by atoms with Crippen molar-refractivity contribution in [2.45, 2.75) is 32.4 Å². The van der Waals surface area contributed by atoms with Crippen LogP contribution in [0.2, 0.25) is 0 Å². The lowest BCUT2D eigenvalue weighted by atomic mass is 10.2. The number of nitrogens with zero attached hydrogens (tertiary/aromatic N) is 1. The fourth-order valence-corrected chi connectivity index (χ4v) is 2.27. The molecule has 5 nitrogen and oxygen atoms in total. The maximum Gasteiger partial charge on any atom is 0.292 e. The Morgan fingerprint density at radius 1 is 1.26 bits per heavy atom. The van der Waals surface area contributed by atoms with E-state index in [9.17, 15) is 9.59 Å². The number of anilines is 1. The Hall–Kier alpha value is -1.88. The maximum absolute atomic E-state index is 12.2. The van der Waals surface area contributed by atoms with Crippen LogP contribution in [0.25, 0.3) is 0 Å². The minimum Gasteiger partial charge on any atom is -0.497 e. The third-order valence-electron chi connectivity index (χ3n) is 3.13. The van der Waals surface area contributed by atoms with E-state index in [2.05, 4.69) is 0 Å². The molecular formula is C14H19N2O3+. The predicted molar refractivity (Wildman–Crippen MR) is 71.0 cm³/mol. The van der Waals surface area contributed by atoms with E-state index in [0.717, 1.165) is 0 Å². The molecule has 1 fully saturated rings. The Balaban J connectivity index is 2.19. The molecule has 0 aliphatic carbocycles. The number of carbonyl (C=O) groups excluding carboxylic acids is 2.